The lowest BCUT2D eigenvalue weighted by Gasteiger charge is -2.28. The molecular weight excluding hydrogens is 727 g/mol. The van der Waals surface area contributed by atoms with Crippen LogP contribution in [-0.2, 0) is 55.0 Å². The summed E-state index contributed by atoms with van der Waals surface area (Å²) in [7, 11) is -3.23. The Hall–Kier alpha value is -5.46. The summed E-state index contributed by atoms with van der Waals surface area (Å²) in [5.41, 5.74) is 1.88. The zero-order chi connectivity index (χ0) is 38.5. The van der Waals surface area contributed by atoms with E-state index in [2.05, 4.69) is 0 Å². The van der Waals surface area contributed by atoms with Gasteiger partial charge in [0.2, 0.25) is 6.29 Å². The fraction of sp³-hybridized carbons (Fsp3) is 0.214. The highest BCUT2D eigenvalue weighted by molar-refractivity contribution is 7.48. The molecule has 6 rings (SSSR count). The Kier molecular flexibility index (Phi) is 13.7. The molecule has 55 heavy (non-hydrogen) atoms. The molecule has 0 saturated carbocycles. The average Bonchev–Trinajstić information content (AvgIpc) is 3.55. The lowest BCUT2D eigenvalue weighted by atomic mass is 10.0. The number of carbonyl (C=O) groups excluding carboxylic acids is 3. The third-order valence-electron chi connectivity index (χ3n) is 8.37. The minimum absolute atomic E-state index is 0.158. The van der Waals surface area contributed by atoms with Crippen molar-refractivity contribution in [2.75, 3.05) is 13.7 Å². The molecule has 1 fully saturated rings. The van der Waals surface area contributed by atoms with Crippen LogP contribution in [0.4, 0.5) is 0 Å². The van der Waals surface area contributed by atoms with Crippen LogP contribution in [-0.4, -0.2) is 62.3 Å². The number of methoxy groups -OCH3 is 1. The summed E-state index contributed by atoms with van der Waals surface area (Å²) in [6, 6.07) is 42.3. The van der Waals surface area contributed by atoms with Gasteiger partial charge in [0.05, 0.1) is 36.5 Å². The molecule has 0 unspecified atom stereocenters. The quantitative estimate of drug-likeness (QED) is 0.0523. The predicted octanol–water partition coefficient (Wildman–Crippen LogP) is 7.59. The number of hydrogen-bond acceptors (Lipinski definition) is 12. The molecular formula is C42H39O12P. The first kappa shape index (κ1) is 39.2. The Labute approximate surface area is 318 Å². The Morgan fingerprint density at radius 2 is 0.982 bits per heavy atom. The number of rotatable bonds is 17. The summed E-state index contributed by atoms with van der Waals surface area (Å²) >= 11 is 0. The molecule has 0 aromatic heterocycles. The number of ether oxygens (including phenoxy) is 5. The second-order valence-electron chi connectivity index (χ2n) is 12.3. The summed E-state index contributed by atoms with van der Waals surface area (Å²) in [5.74, 6) is -2.38. The van der Waals surface area contributed by atoms with Crippen molar-refractivity contribution in [3.8, 4) is 0 Å². The first-order chi connectivity index (χ1) is 26.8. The Morgan fingerprint density at radius 3 is 1.42 bits per heavy atom. The number of phosphoric ester groups is 1. The molecule has 0 bridgehead atoms. The summed E-state index contributed by atoms with van der Waals surface area (Å²) in [6.07, 6.45) is -7.53. The van der Waals surface area contributed by atoms with Gasteiger partial charge in [-0.1, -0.05) is 115 Å². The van der Waals surface area contributed by atoms with E-state index in [0.717, 1.165) is 0 Å². The van der Waals surface area contributed by atoms with Gasteiger partial charge in [-0.15, -0.1) is 0 Å². The lowest BCUT2D eigenvalue weighted by molar-refractivity contribution is -0.152. The fourth-order valence-corrected chi connectivity index (χ4v) is 6.88. The lowest BCUT2D eigenvalue weighted by Crippen LogP contribution is -2.47. The van der Waals surface area contributed by atoms with Crippen LogP contribution < -0.4 is 0 Å². The van der Waals surface area contributed by atoms with Crippen LogP contribution in [0.3, 0.4) is 0 Å². The van der Waals surface area contributed by atoms with Crippen LogP contribution in [0.15, 0.2) is 152 Å². The molecule has 1 aliphatic heterocycles. The van der Waals surface area contributed by atoms with Gasteiger partial charge in [0.25, 0.3) is 0 Å². The van der Waals surface area contributed by atoms with E-state index in [9.17, 15) is 18.9 Å². The summed E-state index contributed by atoms with van der Waals surface area (Å²) in [5, 5.41) is 0. The molecule has 1 saturated heterocycles. The number of benzene rings is 5. The zero-order valence-corrected chi connectivity index (χ0v) is 30.7. The maximum atomic E-state index is 14.6. The van der Waals surface area contributed by atoms with Gasteiger partial charge in [-0.05, 0) is 47.5 Å². The topological polar surface area (TPSA) is 142 Å². The third kappa shape index (κ3) is 10.8. The van der Waals surface area contributed by atoms with Gasteiger partial charge in [0.1, 0.15) is 6.10 Å². The van der Waals surface area contributed by atoms with Crippen molar-refractivity contribution >= 4 is 25.7 Å². The molecule has 0 spiro atoms. The van der Waals surface area contributed by atoms with Crippen molar-refractivity contribution in [3.63, 3.8) is 0 Å². The molecule has 12 nitrogen and oxygen atoms in total. The smallest absolute Gasteiger partial charge is 0.453 e. The monoisotopic (exact) mass is 766 g/mol. The van der Waals surface area contributed by atoms with E-state index in [1.165, 1.54) is 31.4 Å². The van der Waals surface area contributed by atoms with Crippen molar-refractivity contribution in [2.45, 2.75) is 43.9 Å². The maximum Gasteiger partial charge on any atom is 0.477 e. The first-order valence-electron chi connectivity index (χ1n) is 17.4. The Morgan fingerprint density at radius 1 is 0.582 bits per heavy atom. The summed E-state index contributed by atoms with van der Waals surface area (Å²) < 4.78 is 62.2. The van der Waals surface area contributed by atoms with Gasteiger partial charge >= 0.3 is 25.7 Å². The highest BCUT2D eigenvalue weighted by Crippen LogP contribution is 2.54. The minimum atomic E-state index is -4.61. The summed E-state index contributed by atoms with van der Waals surface area (Å²) in [6.45, 7) is -0.628. The van der Waals surface area contributed by atoms with Crippen LogP contribution in [0, 0.1) is 0 Å². The van der Waals surface area contributed by atoms with Crippen LogP contribution in [0.1, 0.15) is 42.2 Å². The zero-order valence-electron chi connectivity index (χ0n) is 29.8. The molecule has 5 atom stereocenters. The number of carbonyl (C=O) groups is 3. The molecule has 284 valence electrons. The van der Waals surface area contributed by atoms with E-state index in [4.69, 9.17) is 37.3 Å². The van der Waals surface area contributed by atoms with Gasteiger partial charge in [-0.25, -0.2) is 18.9 Å². The second-order valence-corrected chi connectivity index (χ2v) is 13.9. The van der Waals surface area contributed by atoms with Crippen molar-refractivity contribution < 1.29 is 56.2 Å². The highest BCUT2D eigenvalue weighted by atomic mass is 31.2. The van der Waals surface area contributed by atoms with Crippen LogP contribution in [0.5, 0.6) is 0 Å². The number of esters is 3. The molecule has 13 heteroatoms. The van der Waals surface area contributed by atoms with Gasteiger partial charge < -0.3 is 23.7 Å². The van der Waals surface area contributed by atoms with Gasteiger partial charge in [0, 0.05) is 7.11 Å². The van der Waals surface area contributed by atoms with Crippen molar-refractivity contribution in [3.05, 3.63) is 179 Å². The molecule has 0 amide bonds. The van der Waals surface area contributed by atoms with Crippen LogP contribution in [0.25, 0.3) is 0 Å². The van der Waals surface area contributed by atoms with E-state index >= 15 is 0 Å². The molecule has 1 heterocycles. The van der Waals surface area contributed by atoms with Crippen molar-refractivity contribution in [1.82, 2.24) is 0 Å². The number of phosphoric acid groups is 1. The van der Waals surface area contributed by atoms with Crippen LogP contribution >= 0.6 is 7.82 Å². The summed E-state index contributed by atoms with van der Waals surface area (Å²) in [4.78, 5) is 40.8. The first-order valence-corrected chi connectivity index (χ1v) is 18.9. The van der Waals surface area contributed by atoms with Crippen molar-refractivity contribution in [2.24, 2.45) is 0 Å². The standard InChI is InChI=1S/C42H39O12P/c1-47-29-35(50-39(43)32-21-11-4-12-22-32)36-37(51-40(44)33-23-13-5-14-24-33)38(52-41(45)34-25-15-6-16-26-34)42(53-36)54-55(46,48-27-30-17-7-2-8-18-30)49-28-31-19-9-3-10-20-31/h2-26,35-38,42H,27-29H2,1H3/t35-,36+,37+,38-,42-/m1/s1. The molecule has 5 aromatic rings. The predicted molar refractivity (Wildman–Crippen MR) is 199 cm³/mol. The van der Waals surface area contributed by atoms with Crippen molar-refractivity contribution in [1.29, 1.82) is 0 Å². The van der Waals surface area contributed by atoms with E-state index in [1.54, 1.807) is 115 Å². The fourth-order valence-electron chi connectivity index (χ4n) is 5.65. The van der Waals surface area contributed by atoms with E-state index in [-0.39, 0.29) is 36.5 Å². The van der Waals surface area contributed by atoms with Gasteiger partial charge in [0.15, 0.2) is 18.3 Å². The molecule has 0 aliphatic carbocycles. The van der Waals surface area contributed by atoms with E-state index < -0.39 is 56.4 Å². The number of hydrogen-bond donors (Lipinski definition) is 0. The normalized spacial score (nSPS) is 18.6. The largest absolute Gasteiger partial charge is 0.477 e. The Bertz CT molecular complexity index is 1970. The van der Waals surface area contributed by atoms with Gasteiger partial charge in [-0.2, -0.15) is 0 Å². The van der Waals surface area contributed by atoms with Crippen LogP contribution in [0.2, 0.25) is 0 Å². The molecule has 0 radical (unpaired) electrons. The molecule has 5 aromatic carbocycles. The second kappa shape index (κ2) is 19.2. The van der Waals surface area contributed by atoms with E-state index in [1.807, 2.05) is 12.1 Å². The van der Waals surface area contributed by atoms with Gasteiger partial charge in [-0.3, -0.25) is 13.6 Å². The molecule has 0 N–H and O–H groups in total. The third-order valence-corrected chi connectivity index (χ3v) is 9.73. The molecule has 1 aliphatic rings. The SMILES string of the molecule is COC[C@@H](OC(=O)c1ccccc1)[C@@H]1O[C@H](OP(=O)(OCc2ccccc2)OCc2ccccc2)[C@H](OC(=O)c2ccccc2)[C@H]1OC(=O)c1ccccc1. The highest BCUT2D eigenvalue weighted by Gasteiger charge is 2.56. The average molecular weight is 767 g/mol. The minimum Gasteiger partial charge on any atom is -0.453 e. The maximum absolute atomic E-state index is 14.6. The Balaban J connectivity index is 1.38. The van der Waals surface area contributed by atoms with E-state index in [0.29, 0.717) is 11.1 Å².